The van der Waals surface area contributed by atoms with Gasteiger partial charge in [0.1, 0.15) is 0 Å². The summed E-state index contributed by atoms with van der Waals surface area (Å²) in [4.78, 5) is 3.40. The van der Waals surface area contributed by atoms with Crippen molar-refractivity contribution in [2.75, 3.05) is 0 Å². The Kier molecular flexibility index (Phi) is 8.50. The Balaban J connectivity index is 0.000000159. The minimum absolute atomic E-state index is 0. The number of aromatic amines is 1. The van der Waals surface area contributed by atoms with E-state index in [1.54, 1.807) is 0 Å². The average Bonchev–Trinajstić information content (AvgIpc) is 3.28. The molecule has 0 radical (unpaired) electrons. The fourth-order valence-corrected chi connectivity index (χ4v) is 5.78. The van der Waals surface area contributed by atoms with Crippen molar-refractivity contribution in [3.63, 3.8) is 0 Å². The highest BCUT2D eigenvalue weighted by molar-refractivity contribution is 14.0. The number of rotatable bonds is 2. The lowest BCUT2D eigenvalue weighted by molar-refractivity contribution is 0.724. The summed E-state index contributed by atoms with van der Waals surface area (Å²) in [5, 5.41) is 5.18. The molecule has 4 aromatic carbocycles. The van der Waals surface area contributed by atoms with Crippen molar-refractivity contribution in [3.05, 3.63) is 90.7 Å². The van der Waals surface area contributed by atoms with Gasteiger partial charge in [-0.15, -0.1) is 24.0 Å². The maximum Gasteiger partial charge on any atom is 0.0502 e. The molecule has 0 fully saturated rings. The number of halogens is 5. The van der Waals surface area contributed by atoms with Gasteiger partial charge in [-0.3, -0.25) is 0 Å². The monoisotopic (exact) mass is 816 g/mol. The minimum Gasteiger partial charge on any atom is -0.354 e. The van der Waals surface area contributed by atoms with Crippen LogP contribution in [0.4, 0.5) is 0 Å². The van der Waals surface area contributed by atoms with Gasteiger partial charge in [0.05, 0.1) is 11.0 Å². The molecule has 0 aliphatic carbocycles. The molecule has 2 heterocycles. The lowest BCUT2D eigenvalue weighted by Crippen LogP contribution is -1.95. The molecular formula is C27H21Br4IN2. The van der Waals surface area contributed by atoms with Crippen LogP contribution >= 0.6 is 87.7 Å². The summed E-state index contributed by atoms with van der Waals surface area (Å²) in [6.07, 6.45) is 1.14. The Hall–Kier alpha value is -0.870. The van der Waals surface area contributed by atoms with Gasteiger partial charge < -0.3 is 9.55 Å². The molecule has 0 unspecified atom stereocenters. The number of benzene rings is 4. The molecule has 0 bridgehead atoms. The molecule has 0 amide bonds. The number of aromatic nitrogens is 2. The molecule has 6 aromatic rings. The fraction of sp³-hybridized carbons (Fsp3) is 0.111. The van der Waals surface area contributed by atoms with Gasteiger partial charge in [-0.1, -0.05) is 94.9 Å². The normalized spacial score (nSPS) is 11.1. The molecule has 0 spiro atoms. The van der Waals surface area contributed by atoms with Crippen molar-refractivity contribution in [2.45, 2.75) is 19.9 Å². The van der Waals surface area contributed by atoms with Crippen LogP contribution in [-0.4, -0.2) is 9.55 Å². The molecular weight excluding hydrogens is 799 g/mol. The first-order valence-corrected chi connectivity index (χ1v) is 13.9. The quantitative estimate of drug-likeness (QED) is 0.168. The molecule has 34 heavy (non-hydrogen) atoms. The number of hydrogen-bond acceptors (Lipinski definition) is 0. The summed E-state index contributed by atoms with van der Waals surface area (Å²) in [6.45, 7) is 3.26. The molecule has 0 saturated carbocycles. The second-order valence-electron chi connectivity index (χ2n) is 7.98. The fourth-order valence-electron chi connectivity index (χ4n) is 4.36. The van der Waals surface area contributed by atoms with E-state index in [9.17, 15) is 0 Å². The van der Waals surface area contributed by atoms with E-state index in [0.717, 1.165) is 41.9 Å². The highest BCUT2D eigenvalue weighted by Gasteiger charge is 2.10. The topological polar surface area (TPSA) is 20.7 Å². The van der Waals surface area contributed by atoms with Crippen LogP contribution in [0.25, 0.3) is 43.6 Å². The van der Waals surface area contributed by atoms with Crippen LogP contribution in [0.1, 0.15) is 13.3 Å². The van der Waals surface area contributed by atoms with Gasteiger partial charge in [-0.05, 0) is 55.0 Å². The zero-order valence-corrected chi connectivity index (χ0v) is 26.9. The van der Waals surface area contributed by atoms with Crippen molar-refractivity contribution >= 4 is 131 Å². The molecule has 0 saturated heterocycles. The van der Waals surface area contributed by atoms with E-state index >= 15 is 0 Å². The highest BCUT2D eigenvalue weighted by atomic mass is 127. The van der Waals surface area contributed by atoms with Gasteiger partial charge >= 0.3 is 0 Å². The Bertz CT molecular complexity index is 1520. The number of aryl methyl sites for hydroxylation is 1. The van der Waals surface area contributed by atoms with Crippen molar-refractivity contribution in [1.82, 2.24) is 9.55 Å². The number of fused-ring (bicyclic) bond motifs is 6. The summed E-state index contributed by atoms with van der Waals surface area (Å²) in [5.41, 5.74) is 4.94. The molecule has 1 N–H and O–H groups in total. The number of nitrogens with one attached hydrogen (secondary N) is 1. The summed E-state index contributed by atoms with van der Waals surface area (Å²) >= 11 is 14.1. The lowest BCUT2D eigenvalue weighted by Gasteiger charge is -2.05. The zero-order chi connectivity index (χ0) is 23.1. The van der Waals surface area contributed by atoms with Gasteiger partial charge in [0, 0.05) is 57.0 Å². The Labute approximate surface area is 249 Å². The maximum absolute atomic E-state index is 3.57. The second kappa shape index (κ2) is 11.0. The molecule has 0 atom stereocenters. The number of H-pyrrole nitrogens is 1. The van der Waals surface area contributed by atoms with Gasteiger partial charge in [0.15, 0.2) is 0 Å². The standard InChI is InChI=1S/C15H13Br2N.C12H7Br2N.HI/c1-2-7-18-14-8-10(16)3-5-12(14)13-6-4-11(17)9-15(13)18;13-7-1-3-9-10-4-2-8(14)6-12(10)15-11(9)5-7;/h3-6,8-9H,2,7H2,1H3;1-6,15H;1H. The van der Waals surface area contributed by atoms with Crippen molar-refractivity contribution in [2.24, 2.45) is 0 Å². The first-order chi connectivity index (χ1) is 15.9. The Morgan fingerprint density at radius 1 is 0.588 bits per heavy atom. The second-order valence-corrected chi connectivity index (χ2v) is 11.6. The largest absolute Gasteiger partial charge is 0.354 e. The van der Waals surface area contributed by atoms with Gasteiger partial charge in [0.2, 0.25) is 0 Å². The van der Waals surface area contributed by atoms with Gasteiger partial charge in [-0.25, -0.2) is 0 Å². The van der Waals surface area contributed by atoms with E-state index in [0.29, 0.717) is 0 Å². The van der Waals surface area contributed by atoms with Crippen LogP contribution in [-0.2, 0) is 6.54 Å². The number of nitrogens with zero attached hydrogens (tertiary/aromatic N) is 1. The van der Waals surface area contributed by atoms with E-state index in [1.807, 2.05) is 0 Å². The molecule has 2 aromatic heterocycles. The third kappa shape index (κ3) is 5.14. The first-order valence-electron chi connectivity index (χ1n) is 10.7. The van der Waals surface area contributed by atoms with E-state index in [1.165, 1.54) is 32.6 Å². The maximum atomic E-state index is 3.57. The Morgan fingerprint density at radius 3 is 1.38 bits per heavy atom. The summed E-state index contributed by atoms with van der Waals surface area (Å²) < 4.78 is 6.87. The number of hydrogen-bond donors (Lipinski definition) is 1. The lowest BCUT2D eigenvalue weighted by atomic mass is 10.2. The van der Waals surface area contributed by atoms with Crippen molar-refractivity contribution in [3.8, 4) is 0 Å². The summed E-state index contributed by atoms with van der Waals surface area (Å²) in [5.74, 6) is 0. The zero-order valence-electron chi connectivity index (χ0n) is 18.2. The van der Waals surface area contributed by atoms with Crippen LogP contribution < -0.4 is 0 Å². The first kappa shape index (κ1) is 26.2. The smallest absolute Gasteiger partial charge is 0.0502 e. The van der Waals surface area contributed by atoms with Crippen molar-refractivity contribution in [1.29, 1.82) is 0 Å². The predicted octanol–water partition coefficient (Wildman–Crippen LogP) is 11.2. The van der Waals surface area contributed by atoms with Crippen molar-refractivity contribution < 1.29 is 0 Å². The minimum atomic E-state index is 0. The SMILES string of the molecule is Brc1ccc2c(c1)[nH]c1cc(Br)ccc12.CCCn1c2cc(Br)ccc2c2ccc(Br)cc21.I. The third-order valence-corrected chi connectivity index (χ3v) is 7.73. The predicted molar refractivity (Wildman–Crippen MR) is 172 cm³/mol. The van der Waals surface area contributed by atoms with E-state index in [-0.39, 0.29) is 24.0 Å². The van der Waals surface area contributed by atoms with Crippen LogP contribution in [0.2, 0.25) is 0 Å². The molecule has 6 rings (SSSR count). The van der Waals surface area contributed by atoms with Crippen LogP contribution in [0.15, 0.2) is 90.7 Å². The molecule has 174 valence electrons. The molecule has 7 heteroatoms. The van der Waals surface area contributed by atoms with Gasteiger partial charge in [-0.2, -0.15) is 0 Å². The molecule has 0 aliphatic heterocycles. The third-order valence-electron chi connectivity index (χ3n) is 5.76. The summed E-state index contributed by atoms with van der Waals surface area (Å²) in [6, 6.07) is 25.6. The highest BCUT2D eigenvalue weighted by Crippen LogP contribution is 2.33. The van der Waals surface area contributed by atoms with E-state index in [4.69, 9.17) is 0 Å². The summed E-state index contributed by atoms with van der Waals surface area (Å²) in [7, 11) is 0. The van der Waals surface area contributed by atoms with Crippen LogP contribution in [0, 0.1) is 0 Å². The Morgan fingerprint density at radius 2 is 0.971 bits per heavy atom. The van der Waals surface area contributed by atoms with Crippen LogP contribution in [0.3, 0.4) is 0 Å². The average molecular weight is 820 g/mol. The van der Waals surface area contributed by atoms with Gasteiger partial charge in [0.25, 0.3) is 0 Å². The van der Waals surface area contributed by atoms with E-state index < -0.39 is 0 Å². The van der Waals surface area contributed by atoms with Crippen LogP contribution in [0.5, 0.6) is 0 Å². The van der Waals surface area contributed by atoms with E-state index in [2.05, 4.69) is 153 Å². The molecule has 0 aliphatic rings. The molecule has 2 nitrogen and oxygen atoms in total.